The van der Waals surface area contributed by atoms with Crippen LogP contribution in [-0.2, 0) is 4.79 Å². The largest absolute Gasteiger partial charge is 0.378 e. The SMILES string of the molecule is CC(C)c1ccc(/C=C/C(=O)c2ccc(NC(=O)/C(=C/c3ccc(N(C)C)cc3)NC(=O)c3ccccc3)cc2)cc1. The summed E-state index contributed by atoms with van der Waals surface area (Å²) in [7, 11) is 3.90. The maximum atomic E-state index is 13.3. The monoisotopic (exact) mass is 557 g/mol. The molecule has 42 heavy (non-hydrogen) atoms. The maximum Gasteiger partial charge on any atom is 0.272 e. The number of amides is 2. The summed E-state index contributed by atoms with van der Waals surface area (Å²) in [6.07, 6.45) is 4.96. The van der Waals surface area contributed by atoms with Crippen LogP contribution in [0.15, 0.2) is 115 Å². The zero-order valence-electron chi connectivity index (χ0n) is 24.3. The van der Waals surface area contributed by atoms with Gasteiger partial charge in [0.05, 0.1) is 0 Å². The van der Waals surface area contributed by atoms with Crippen LogP contribution >= 0.6 is 0 Å². The van der Waals surface area contributed by atoms with Crippen molar-refractivity contribution in [3.8, 4) is 0 Å². The number of hydrogen-bond acceptors (Lipinski definition) is 4. The van der Waals surface area contributed by atoms with Gasteiger partial charge in [-0.3, -0.25) is 14.4 Å². The van der Waals surface area contributed by atoms with Gasteiger partial charge in [0.15, 0.2) is 5.78 Å². The highest BCUT2D eigenvalue weighted by molar-refractivity contribution is 6.11. The Bertz CT molecular complexity index is 1580. The first-order chi connectivity index (χ1) is 20.2. The molecule has 0 saturated heterocycles. The van der Waals surface area contributed by atoms with Crippen LogP contribution in [0.4, 0.5) is 11.4 Å². The highest BCUT2D eigenvalue weighted by Gasteiger charge is 2.15. The van der Waals surface area contributed by atoms with Crippen LogP contribution in [0.2, 0.25) is 0 Å². The smallest absolute Gasteiger partial charge is 0.272 e. The molecule has 4 aromatic rings. The summed E-state index contributed by atoms with van der Waals surface area (Å²) in [5.41, 5.74) is 5.48. The summed E-state index contributed by atoms with van der Waals surface area (Å²) < 4.78 is 0. The van der Waals surface area contributed by atoms with Gasteiger partial charge in [0.25, 0.3) is 11.8 Å². The van der Waals surface area contributed by atoms with Crippen LogP contribution in [-0.4, -0.2) is 31.7 Å². The zero-order chi connectivity index (χ0) is 30.1. The molecule has 0 radical (unpaired) electrons. The first kappa shape index (κ1) is 29.7. The number of hydrogen-bond donors (Lipinski definition) is 2. The Kier molecular flexibility index (Phi) is 9.85. The molecule has 6 heteroatoms. The fourth-order valence-electron chi connectivity index (χ4n) is 4.15. The molecule has 0 spiro atoms. The quantitative estimate of drug-likeness (QED) is 0.160. The van der Waals surface area contributed by atoms with E-state index in [1.807, 2.05) is 61.5 Å². The van der Waals surface area contributed by atoms with E-state index in [1.165, 1.54) is 5.56 Å². The summed E-state index contributed by atoms with van der Waals surface area (Å²) in [5, 5.41) is 5.57. The third kappa shape index (κ3) is 8.15. The number of anilines is 2. The zero-order valence-corrected chi connectivity index (χ0v) is 24.3. The van der Waals surface area contributed by atoms with Crippen LogP contribution in [0, 0.1) is 0 Å². The van der Waals surface area contributed by atoms with E-state index in [9.17, 15) is 14.4 Å². The van der Waals surface area contributed by atoms with Gasteiger partial charge in [0.2, 0.25) is 0 Å². The molecule has 0 heterocycles. The van der Waals surface area contributed by atoms with E-state index < -0.39 is 11.8 Å². The number of nitrogens with zero attached hydrogens (tertiary/aromatic N) is 1. The van der Waals surface area contributed by atoms with Gasteiger partial charge in [-0.2, -0.15) is 0 Å². The molecule has 0 bridgehead atoms. The van der Waals surface area contributed by atoms with Gasteiger partial charge in [-0.05, 0) is 83.3 Å². The second kappa shape index (κ2) is 13.9. The molecule has 0 unspecified atom stereocenters. The summed E-state index contributed by atoms with van der Waals surface area (Å²) >= 11 is 0. The van der Waals surface area contributed by atoms with E-state index in [0.29, 0.717) is 22.7 Å². The second-order valence-corrected chi connectivity index (χ2v) is 10.4. The van der Waals surface area contributed by atoms with Crippen LogP contribution in [0.5, 0.6) is 0 Å². The standard InChI is InChI=1S/C36H35N3O3/c1-25(2)28-15-10-26(11-16-28)14-23-34(40)29-17-19-31(20-18-29)37-36(42)33(38-35(41)30-8-6-5-7-9-30)24-27-12-21-32(22-13-27)39(3)4/h5-25H,1-4H3,(H,37,42)(H,38,41)/b23-14+,33-24-. The molecule has 0 saturated carbocycles. The van der Waals surface area contributed by atoms with Crippen molar-refractivity contribution in [2.24, 2.45) is 0 Å². The normalized spacial score (nSPS) is 11.4. The van der Waals surface area contributed by atoms with Gasteiger partial charge >= 0.3 is 0 Å². The predicted molar refractivity (Wildman–Crippen MR) is 172 cm³/mol. The Balaban J connectivity index is 1.48. The van der Waals surface area contributed by atoms with Gasteiger partial charge < -0.3 is 15.5 Å². The molecule has 2 N–H and O–H groups in total. The minimum absolute atomic E-state index is 0.0908. The molecule has 212 valence electrons. The number of benzene rings is 4. The highest BCUT2D eigenvalue weighted by Crippen LogP contribution is 2.18. The second-order valence-electron chi connectivity index (χ2n) is 10.4. The molecule has 6 nitrogen and oxygen atoms in total. The lowest BCUT2D eigenvalue weighted by atomic mass is 10.0. The molecule has 0 atom stereocenters. The van der Waals surface area contributed by atoms with Crippen molar-refractivity contribution in [1.82, 2.24) is 5.32 Å². The third-order valence-corrected chi connectivity index (χ3v) is 6.71. The average molecular weight is 558 g/mol. The lowest BCUT2D eigenvalue weighted by Crippen LogP contribution is -2.30. The van der Waals surface area contributed by atoms with Crippen LogP contribution in [0.25, 0.3) is 12.2 Å². The Morgan fingerprint density at radius 2 is 1.33 bits per heavy atom. The molecule has 0 aliphatic rings. The molecule has 4 rings (SSSR count). The van der Waals surface area contributed by atoms with E-state index in [4.69, 9.17) is 0 Å². The molecular weight excluding hydrogens is 522 g/mol. The minimum Gasteiger partial charge on any atom is -0.378 e. The van der Waals surface area contributed by atoms with E-state index >= 15 is 0 Å². The van der Waals surface area contributed by atoms with E-state index in [-0.39, 0.29) is 11.5 Å². The molecule has 0 aromatic heterocycles. The van der Waals surface area contributed by atoms with Crippen molar-refractivity contribution in [3.05, 3.63) is 143 Å². The highest BCUT2D eigenvalue weighted by atomic mass is 16.2. The first-order valence-electron chi connectivity index (χ1n) is 13.8. The van der Waals surface area contributed by atoms with E-state index in [2.05, 4.69) is 36.6 Å². The van der Waals surface area contributed by atoms with Crippen LogP contribution in [0.3, 0.4) is 0 Å². The fourth-order valence-corrected chi connectivity index (χ4v) is 4.15. The lowest BCUT2D eigenvalue weighted by Gasteiger charge is -2.13. The van der Waals surface area contributed by atoms with Gasteiger partial charge in [-0.15, -0.1) is 0 Å². The van der Waals surface area contributed by atoms with Gasteiger partial charge in [0.1, 0.15) is 5.70 Å². The van der Waals surface area contributed by atoms with Crippen molar-refractivity contribution < 1.29 is 14.4 Å². The summed E-state index contributed by atoms with van der Waals surface area (Å²) in [6, 6.07) is 31.1. The van der Waals surface area contributed by atoms with Gasteiger partial charge in [0, 0.05) is 36.6 Å². The summed E-state index contributed by atoms with van der Waals surface area (Å²) in [6.45, 7) is 4.28. The summed E-state index contributed by atoms with van der Waals surface area (Å²) in [5.74, 6) is -0.573. The van der Waals surface area contributed by atoms with Gasteiger partial charge in [-0.25, -0.2) is 0 Å². The Hall–Kier alpha value is -5.23. The minimum atomic E-state index is -0.486. The molecular formula is C36H35N3O3. The number of ketones is 1. The molecule has 4 aromatic carbocycles. The van der Waals surface area contributed by atoms with Crippen LogP contribution in [0.1, 0.15) is 57.2 Å². The number of rotatable bonds is 10. The molecule has 2 amide bonds. The number of allylic oxidation sites excluding steroid dienone is 1. The van der Waals surface area contributed by atoms with Crippen molar-refractivity contribution in [2.45, 2.75) is 19.8 Å². The Morgan fingerprint density at radius 3 is 1.93 bits per heavy atom. The molecule has 0 fully saturated rings. The van der Waals surface area contributed by atoms with E-state index in [1.54, 1.807) is 66.8 Å². The van der Waals surface area contributed by atoms with Gasteiger partial charge in [-0.1, -0.05) is 74.5 Å². The predicted octanol–water partition coefficient (Wildman–Crippen LogP) is 7.18. The Morgan fingerprint density at radius 1 is 0.714 bits per heavy atom. The van der Waals surface area contributed by atoms with Crippen molar-refractivity contribution >= 4 is 41.1 Å². The van der Waals surface area contributed by atoms with Crippen molar-refractivity contribution in [3.63, 3.8) is 0 Å². The molecule has 0 aliphatic carbocycles. The average Bonchev–Trinajstić information content (AvgIpc) is 3.00. The topological polar surface area (TPSA) is 78.5 Å². The lowest BCUT2D eigenvalue weighted by molar-refractivity contribution is -0.113. The number of carbonyl (C=O) groups excluding carboxylic acids is 3. The third-order valence-electron chi connectivity index (χ3n) is 6.71. The Labute approximate surface area is 247 Å². The summed E-state index contributed by atoms with van der Waals surface area (Å²) in [4.78, 5) is 40.9. The number of carbonyl (C=O) groups is 3. The maximum absolute atomic E-state index is 13.3. The van der Waals surface area contributed by atoms with E-state index in [0.717, 1.165) is 16.8 Å². The fraction of sp³-hybridized carbons (Fsp3) is 0.139. The van der Waals surface area contributed by atoms with Crippen molar-refractivity contribution in [1.29, 1.82) is 0 Å². The molecule has 0 aliphatic heterocycles. The first-order valence-corrected chi connectivity index (χ1v) is 13.8. The number of nitrogens with one attached hydrogen (secondary N) is 2. The van der Waals surface area contributed by atoms with Crippen molar-refractivity contribution in [2.75, 3.05) is 24.3 Å². The van der Waals surface area contributed by atoms with Crippen LogP contribution < -0.4 is 15.5 Å².